The van der Waals surface area contributed by atoms with Gasteiger partial charge >= 0.3 is 0 Å². The molecule has 0 fully saturated rings. The number of nitrogens with one attached hydrogen (secondary N) is 1. The van der Waals surface area contributed by atoms with Gasteiger partial charge in [0, 0.05) is 5.41 Å². The fraction of sp³-hybridized carbons (Fsp3) is 0.174. The number of rotatable bonds is 4. The minimum Gasteiger partial charge on any atom is -0.293 e. The molecule has 0 aliphatic rings. The van der Waals surface area contributed by atoms with Crippen LogP contribution in [0.15, 0.2) is 69.9 Å². The lowest BCUT2D eigenvalue weighted by molar-refractivity contribution is 0.483. The Kier molecular flexibility index (Phi) is 5.04. The lowest BCUT2D eigenvalue weighted by Crippen LogP contribution is -2.12. The van der Waals surface area contributed by atoms with Gasteiger partial charge < -0.3 is 0 Å². The molecule has 0 unspecified atom stereocenters. The quantitative estimate of drug-likeness (QED) is 0.273. The topological polar surface area (TPSA) is 154 Å². The van der Waals surface area contributed by atoms with E-state index in [1.54, 1.807) is 0 Å². The molecule has 0 amide bonds. The molecule has 0 aliphatic heterocycles. The molecule has 2 aromatic carbocycles. The smallest absolute Gasteiger partial charge is 0.293 e. The van der Waals surface area contributed by atoms with E-state index in [1.165, 1.54) is 35.1 Å². The Morgan fingerprint density at radius 3 is 2.46 bits per heavy atom. The second-order valence-corrected chi connectivity index (χ2v) is 10.3. The molecular formula is C23H20N8O3S. The van der Waals surface area contributed by atoms with E-state index in [9.17, 15) is 18.2 Å². The molecule has 11 nitrogen and oxygen atoms in total. The standard InChI is InChI=1S/C23H20N8O3S/c1-23(2,3)20-19(22-26-17-6-4-5-7-18(17)31(22)29-20)27-28-21-14(12-24)13-25-30(21)15-8-10-16(11-9-15)35(32,33)34/h4-11,13,29H,1-3H3,(H,32,33,34). The van der Waals surface area contributed by atoms with Gasteiger partial charge in [-0.2, -0.15) is 18.8 Å². The average Bonchev–Trinajstić information content (AvgIpc) is 3.48. The Balaban J connectivity index is 1.66. The molecular weight excluding hydrogens is 468 g/mol. The molecule has 0 bridgehead atoms. The van der Waals surface area contributed by atoms with Crippen molar-refractivity contribution in [2.75, 3.05) is 0 Å². The second-order valence-electron chi connectivity index (χ2n) is 8.92. The lowest BCUT2D eigenvalue weighted by Gasteiger charge is -2.16. The molecule has 0 atom stereocenters. The van der Waals surface area contributed by atoms with Crippen molar-refractivity contribution in [3.63, 3.8) is 0 Å². The van der Waals surface area contributed by atoms with Crippen LogP contribution in [-0.2, 0) is 15.5 Å². The van der Waals surface area contributed by atoms with E-state index in [-0.39, 0.29) is 21.7 Å². The number of nitriles is 1. The molecule has 5 aromatic rings. The first kappa shape index (κ1) is 22.5. The zero-order chi connectivity index (χ0) is 25.0. The van der Waals surface area contributed by atoms with Crippen LogP contribution in [0.25, 0.3) is 22.4 Å². The zero-order valence-electron chi connectivity index (χ0n) is 19.0. The van der Waals surface area contributed by atoms with E-state index in [1.807, 2.05) is 49.6 Å². The number of H-pyrrole nitrogens is 1. The summed E-state index contributed by atoms with van der Waals surface area (Å²) < 4.78 is 35.2. The van der Waals surface area contributed by atoms with Crippen molar-refractivity contribution in [2.24, 2.45) is 10.2 Å². The van der Waals surface area contributed by atoms with E-state index >= 15 is 0 Å². The maximum absolute atomic E-state index is 11.4. The number of para-hydroxylation sites is 2. The number of benzene rings is 2. The number of aromatic amines is 1. The fourth-order valence-corrected chi connectivity index (χ4v) is 4.23. The highest BCUT2D eigenvalue weighted by molar-refractivity contribution is 7.85. The third-order valence-electron chi connectivity index (χ3n) is 5.47. The summed E-state index contributed by atoms with van der Waals surface area (Å²) in [6.07, 6.45) is 1.35. The normalized spacial score (nSPS) is 12.7. The number of nitrogens with zero attached hydrogens (tertiary/aromatic N) is 7. The molecule has 12 heteroatoms. The minimum atomic E-state index is -4.34. The Bertz CT molecular complexity index is 1760. The number of hydrogen-bond acceptors (Lipinski definition) is 7. The highest BCUT2D eigenvalue weighted by Gasteiger charge is 2.26. The number of imidazole rings is 1. The van der Waals surface area contributed by atoms with Crippen molar-refractivity contribution in [3.05, 3.63) is 66.0 Å². The fourth-order valence-electron chi connectivity index (χ4n) is 3.75. The largest absolute Gasteiger partial charge is 0.294 e. The number of azo groups is 1. The van der Waals surface area contributed by atoms with Gasteiger partial charge in [-0.1, -0.05) is 32.9 Å². The van der Waals surface area contributed by atoms with Crippen LogP contribution in [0.1, 0.15) is 32.0 Å². The Morgan fingerprint density at radius 1 is 1.09 bits per heavy atom. The Morgan fingerprint density at radius 2 is 1.80 bits per heavy atom. The van der Waals surface area contributed by atoms with Crippen molar-refractivity contribution in [1.82, 2.24) is 24.4 Å². The van der Waals surface area contributed by atoms with Crippen LogP contribution in [0.2, 0.25) is 0 Å². The van der Waals surface area contributed by atoms with Crippen molar-refractivity contribution in [3.8, 4) is 11.8 Å². The van der Waals surface area contributed by atoms with Crippen LogP contribution in [0.5, 0.6) is 0 Å². The number of aromatic nitrogens is 5. The summed E-state index contributed by atoms with van der Waals surface area (Å²) >= 11 is 0. The van der Waals surface area contributed by atoms with Gasteiger partial charge in [-0.05, 0) is 36.4 Å². The van der Waals surface area contributed by atoms with E-state index in [0.717, 1.165) is 16.7 Å². The Labute approximate surface area is 200 Å². The van der Waals surface area contributed by atoms with Crippen LogP contribution in [0.3, 0.4) is 0 Å². The molecule has 0 spiro atoms. The molecule has 5 rings (SSSR count). The van der Waals surface area contributed by atoms with Crippen LogP contribution < -0.4 is 0 Å². The predicted octanol–water partition coefficient (Wildman–Crippen LogP) is 4.83. The summed E-state index contributed by atoms with van der Waals surface area (Å²) in [7, 11) is -4.34. The van der Waals surface area contributed by atoms with Crippen LogP contribution in [0, 0.1) is 11.3 Å². The van der Waals surface area contributed by atoms with Gasteiger partial charge in [0.2, 0.25) is 0 Å². The maximum Gasteiger partial charge on any atom is 0.294 e. The maximum atomic E-state index is 11.4. The van der Waals surface area contributed by atoms with E-state index in [0.29, 0.717) is 17.0 Å². The van der Waals surface area contributed by atoms with Gasteiger partial charge in [0.05, 0.1) is 33.5 Å². The van der Waals surface area contributed by atoms with Crippen molar-refractivity contribution >= 4 is 38.3 Å². The monoisotopic (exact) mass is 488 g/mol. The van der Waals surface area contributed by atoms with Crippen molar-refractivity contribution in [1.29, 1.82) is 5.26 Å². The first-order chi connectivity index (χ1) is 16.6. The highest BCUT2D eigenvalue weighted by atomic mass is 32.2. The summed E-state index contributed by atoms with van der Waals surface area (Å²) in [5.74, 6) is 0.169. The summed E-state index contributed by atoms with van der Waals surface area (Å²) in [5.41, 5.74) is 3.97. The molecule has 0 radical (unpaired) electrons. The highest BCUT2D eigenvalue weighted by Crippen LogP contribution is 2.37. The first-order valence-electron chi connectivity index (χ1n) is 10.6. The number of fused-ring (bicyclic) bond motifs is 3. The molecule has 0 saturated carbocycles. The molecule has 2 N–H and O–H groups in total. The second kappa shape index (κ2) is 7.86. The molecule has 3 aromatic heterocycles. The van der Waals surface area contributed by atoms with Crippen LogP contribution in [-0.4, -0.2) is 37.3 Å². The zero-order valence-corrected chi connectivity index (χ0v) is 19.8. The van der Waals surface area contributed by atoms with Gasteiger partial charge in [0.1, 0.15) is 11.6 Å². The van der Waals surface area contributed by atoms with Gasteiger partial charge in [-0.25, -0.2) is 14.2 Å². The summed E-state index contributed by atoms with van der Waals surface area (Å²) in [6.45, 7) is 6.13. The summed E-state index contributed by atoms with van der Waals surface area (Å²) in [6, 6.07) is 15.1. The molecule has 3 heterocycles. The van der Waals surface area contributed by atoms with Crippen molar-refractivity contribution in [2.45, 2.75) is 31.1 Å². The third kappa shape index (κ3) is 3.86. The van der Waals surface area contributed by atoms with Gasteiger partial charge in [-0.15, -0.1) is 10.2 Å². The SMILES string of the molecule is CC(C)(C)c1[nH]n2c(nc3ccccc32)c1N=Nc1c(C#N)cnn1-c1ccc(S(=O)(=O)O)cc1. The molecule has 35 heavy (non-hydrogen) atoms. The minimum absolute atomic E-state index is 0.169. The van der Waals surface area contributed by atoms with E-state index in [2.05, 4.69) is 26.5 Å². The van der Waals surface area contributed by atoms with Gasteiger partial charge in [0.25, 0.3) is 10.1 Å². The first-order valence-corrected chi connectivity index (χ1v) is 12.0. The van der Waals surface area contributed by atoms with Gasteiger partial charge in [-0.3, -0.25) is 9.65 Å². The molecule has 176 valence electrons. The van der Waals surface area contributed by atoms with Crippen molar-refractivity contribution < 1.29 is 13.0 Å². The molecule has 0 saturated heterocycles. The lowest BCUT2D eigenvalue weighted by atomic mass is 9.91. The van der Waals surface area contributed by atoms with Crippen LogP contribution >= 0.6 is 0 Å². The van der Waals surface area contributed by atoms with E-state index < -0.39 is 10.1 Å². The number of hydrogen-bond donors (Lipinski definition) is 2. The molecule has 0 aliphatic carbocycles. The average molecular weight is 489 g/mol. The van der Waals surface area contributed by atoms with Crippen LogP contribution in [0.4, 0.5) is 11.5 Å². The third-order valence-corrected chi connectivity index (χ3v) is 6.34. The van der Waals surface area contributed by atoms with E-state index in [4.69, 9.17) is 4.98 Å². The Hall–Kier alpha value is -4.34. The summed E-state index contributed by atoms with van der Waals surface area (Å²) in [5, 5.41) is 26.1. The van der Waals surface area contributed by atoms with Gasteiger partial charge in [0.15, 0.2) is 17.2 Å². The predicted molar refractivity (Wildman–Crippen MR) is 128 cm³/mol. The summed E-state index contributed by atoms with van der Waals surface area (Å²) in [4.78, 5) is 4.46.